The van der Waals surface area contributed by atoms with Gasteiger partial charge in [-0.1, -0.05) is 0 Å². The van der Waals surface area contributed by atoms with Gasteiger partial charge in [-0.15, -0.1) is 0 Å². The molecule has 2 atom stereocenters. The van der Waals surface area contributed by atoms with E-state index in [4.69, 9.17) is 9.47 Å². The van der Waals surface area contributed by atoms with E-state index in [1.54, 1.807) is 4.90 Å². The second-order valence-corrected chi connectivity index (χ2v) is 7.07. The van der Waals surface area contributed by atoms with Crippen molar-refractivity contribution in [2.24, 2.45) is 5.41 Å². The predicted molar refractivity (Wildman–Crippen MR) is 86.1 cm³/mol. The minimum absolute atomic E-state index is 0.0333. The zero-order chi connectivity index (χ0) is 16.2. The lowest BCUT2D eigenvalue weighted by Gasteiger charge is -2.50. The van der Waals surface area contributed by atoms with E-state index in [9.17, 15) is 4.79 Å². The smallest absolute Gasteiger partial charge is 0.319 e. The minimum atomic E-state index is -0.0333. The van der Waals surface area contributed by atoms with Gasteiger partial charge >= 0.3 is 6.03 Å². The van der Waals surface area contributed by atoms with Crippen LogP contribution in [0.5, 0.6) is 0 Å². The molecule has 2 fully saturated rings. The molecule has 0 aromatic heterocycles. The normalized spacial score (nSPS) is 28.6. The van der Waals surface area contributed by atoms with Gasteiger partial charge in [0.05, 0.1) is 19.3 Å². The van der Waals surface area contributed by atoms with Crippen LogP contribution in [0.4, 0.5) is 4.79 Å². The van der Waals surface area contributed by atoms with Crippen molar-refractivity contribution >= 4 is 6.03 Å². The molecular formula is C16H31N3O3. The van der Waals surface area contributed by atoms with Crippen molar-refractivity contribution in [3.63, 3.8) is 0 Å². The van der Waals surface area contributed by atoms with E-state index < -0.39 is 0 Å². The highest BCUT2D eigenvalue weighted by Gasteiger charge is 2.47. The molecule has 0 aliphatic carbocycles. The monoisotopic (exact) mass is 313 g/mol. The molecule has 2 aliphatic heterocycles. The molecule has 2 saturated heterocycles. The van der Waals surface area contributed by atoms with E-state index in [0.717, 1.165) is 52.1 Å². The van der Waals surface area contributed by atoms with Crippen LogP contribution >= 0.6 is 0 Å². The standard InChI is InChI=1S/C16H31N3O3/c1-17(2)9-11-21-13-16-7-5-10-22-14(16)6-8-19(12-16)15(20)18(3)4/h14H,5-13H2,1-4H3/t14-,16+/m1/s1. The van der Waals surface area contributed by atoms with Gasteiger partial charge in [-0.05, 0) is 33.4 Å². The van der Waals surface area contributed by atoms with Crippen LogP contribution in [-0.4, -0.2) is 94.5 Å². The van der Waals surface area contributed by atoms with Crippen molar-refractivity contribution in [2.45, 2.75) is 25.4 Å². The first kappa shape index (κ1) is 17.5. The van der Waals surface area contributed by atoms with Gasteiger partial charge in [-0.3, -0.25) is 0 Å². The third-order valence-electron chi connectivity index (χ3n) is 4.71. The highest BCUT2D eigenvalue weighted by molar-refractivity contribution is 5.74. The molecule has 22 heavy (non-hydrogen) atoms. The van der Waals surface area contributed by atoms with Crippen LogP contribution in [0.15, 0.2) is 0 Å². The number of piperidine rings is 1. The van der Waals surface area contributed by atoms with E-state index in [0.29, 0.717) is 6.61 Å². The lowest BCUT2D eigenvalue weighted by Crippen LogP contribution is -2.59. The summed E-state index contributed by atoms with van der Waals surface area (Å²) in [7, 11) is 7.72. The number of ether oxygens (including phenoxy) is 2. The van der Waals surface area contributed by atoms with Crippen LogP contribution in [0, 0.1) is 5.41 Å². The summed E-state index contributed by atoms with van der Waals surface area (Å²) in [6.07, 6.45) is 3.28. The third-order valence-corrected chi connectivity index (χ3v) is 4.71. The molecule has 2 heterocycles. The Balaban J connectivity index is 1.99. The van der Waals surface area contributed by atoms with Gasteiger partial charge in [0.25, 0.3) is 0 Å². The van der Waals surface area contributed by atoms with Gasteiger partial charge in [-0.25, -0.2) is 4.79 Å². The fourth-order valence-electron chi connectivity index (χ4n) is 3.47. The Bertz CT molecular complexity index is 376. The first-order valence-electron chi connectivity index (χ1n) is 8.25. The van der Waals surface area contributed by atoms with Gasteiger partial charge < -0.3 is 24.2 Å². The zero-order valence-corrected chi connectivity index (χ0v) is 14.5. The Kier molecular flexibility index (Phi) is 6.06. The summed E-state index contributed by atoms with van der Waals surface area (Å²) in [5.74, 6) is 0. The Labute approximate surface area is 134 Å². The molecule has 0 saturated carbocycles. The second kappa shape index (κ2) is 7.62. The van der Waals surface area contributed by atoms with Crippen molar-refractivity contribution in [3.8, 4) is 0 Å². The molecule has 0 aromatic carbocycles. The van der Waals surface area contributed by atoms with Gasteiger partial charge in [-0.2, -0.15) is 0 Å². The fourth-order valence-corrected chi connectivity index (χ4v) is 3.47. The van der Waals surface area contributed by atoms with Crippen molar-refractivity contribution in [2.75, 3.05) is 67.6 Å². The topological polar surface area (TPSA) is 45.3 Å². The number of likely N-dealkylation sites (N-methyl/N-ethyl adjacent to an activating group) is 1. The quantitative estimate of drug-likeness (QED) is 0.714. The molecule has 0 N–H and O–H groups in total. The predicted octanol–water partition coefficient (Wildman–Crippen LogP) is 1.12. The zero-order valence-electron chi connectivity index (χ0n) is 14.5. The minimum Gasteiger partial charge on any atom is -0.379 e. The largest absolute Gasteiger partial charge is 0.379 e. The number of hydrogen-bond donors (Lipinski definition) is 0. The Morgan fingerprint density at radius 2 is 2.14 bits per heavy atom. The molecule has 0 bridgehead atoms. The SMILES string of the molecule is CN(C)CCOC[C@@]12CCCO[C@@H]1CCN(C(=O)N(C)C)C2. The van der Waals surface area contributed by atoms with Crippen LogP contribution in [0.2, 0.25) is 0 Å². The number of urea groups is 1. The molecule has 0 spiro atoms. The fraction of sp³-hybridized carbons (Fsp3) is 0.938. The van der Waals surface area contributed by atoms with E-state index in [2.05, 4.69) is 4.90 Å². The van der Waals surface area contributed by atoms with Crippen molar-refractivity contribution in [1.29, 1.82) is 0 Å². The molecular weight excluding hydrogens is 282 g/mol. The van der Waals surface area contributed by atoms with Gasteiger partial charge in [0.1, 0.15) is 0 Å². The highest BCUT2D eigenvalue weighted by Crippen LogP contribution is 2.40. The van der Waals surface area contributed by atoms with E-state index in [-0.39, 0.29) is 17.6 Å². The summed E-state index contributed by atoms with van der Waals surface area (Å²) in [6, 6.07) is 0.0942. The van der Waals surface area contributed by atoms with Crippen LogP contribution < -0.4 is 0 Å². The molecule has 2 rings (SSSR count). The van der Waals surface area contributed by atoms with Crippen molar-refractivity contribution < 1.29 is 14.3 Å². The molecule has 128 valence electrons. The Morgan fingerprint density at radius 1 is 1.36 bits per heavy atom. The number of amides is 2. The number of rotatable bonds is 5. The molecule has 0 radical (unpaired) electrons. The molecule has 2 amide bonds. The first-order chi connectivity index (χ1) is 10.4. The van der Waals surface area contributed by atoms with Crippen LogP contribution in [0.3, 0.4) is 0 Å². The summed E-state index contributed by atoms with van der Waals surface area (Å²) in [4.78, 5) is 18.0. The van der Waals surface area contributed by atoms with E-state index in [1.165, 1.54) is 0 Å². The summed E-state index contributed by atoms with van der Waals surface area (Å²) < 4.78 is 12.0. The number of carbonyl (C=O) groups excluding carboxylic acids is 1. The first-order valence-corrected chi connectivity index (χ1v) is 8.25. The molecule has 6 heteroatoms. The Hall–Kier alpha value is -0.850. The van der Waals surface area contributed by atoms with Gasteiger partial charge in [0, 0.05) is 45.8 Å². The number of fused-ring (bicyclic) bond motifs is 1. The summed E-state index contributed by atoms with van der Waals surface area (Å²) in [5.41, 5.74) is -0.0333. The van der Waals surface area contributed by atoms with Crippen LogP contribution in [0.1, 0.15) is 19.3 Å². The lowest BCUT2D eigenvalue weighted by atomic mass is 9.73. The molecule has 6 nitrogen and oxygen atoms in total. The average molecular weight is 313 g/mol. The number of likely N-dealkylation sites (tertiary alicyclic amines) is 1. The maximum atomic E-state index is 12.3. The number of hydrogen-bond acceptors (Lipinski definition) is 4. The lowest BCUT2D eigenvalue weighted by molar-refractivity contribution is -0.147. The van der Waals surface area contributed by atoms with E-state index in [1.807, 2.05) is 33.1 Å². The molecule has 0 aromatic rings. The molecule has 0 unspecified atom stereocenters. The van der Waals surface area contributed by atoms with Gasteiger partial charge in [0.2, 0.25) is 0 Å². The maximum Gasteiger partial charge on any atom is 0.319 e. The summed E-state index contributed by atoms with van der Waals surface area (Å²) >= 11 is 0. The van der Waals surface area contributed by atoms with Crippen molar-refractivity contribution in [1.82, 2.24) is 14.7 Å². The number of carbonyl (C=O) groups is 1. The average Bonchev–Trinajstić information content (AvgIpc) is 2.50. The molecule has 2 aliphatic rings. The third kappa shape index (κ3) is 4.12. The Morgan fingerprint density at radius 3 is 2.82 bits per heavy atom. The van der Waals surface area contributed by atoms with Crippen LogP contribution in [-0.2, 0) is 9.47 Å². The maximum absolute atomic E-state index is 12.3. The highest BCUT2D eigenvalue weighted by atomic mass is 16.5. The van der Waals surface area contributed by atoms with Crippen LogP contribution in [0.25, 0.3) is 0 Å². The summed E-state index contributed by atoms with van der Waals surface area (Å²) in [6.45, 7) is 4.69. The second-order valence-electron chi connectivity index (χ2n) is 7.07. The van der Waals surface area contributed by atoms with E-state index >= 15 is 0 Å². The number of nitrogens with zero attached hydrogens (tertiary/aromatic N) is 3. The van der Waals surface area contributed by atoms with Crippen molar-refractivity contribution in [3.05, 3.63) is 0 Å². The summed E-state index contributed by atoms with van der Waals surface area (Å²) in [5, 5.41) is 0. The van der Waals surface area contributed by atoms with Gasteiger partial charge in [0.15, 0.2) is 0 Å².